The van der Waals surface area contributed by atoms with Gasteiger partial charge in [0.15, 0.2) is 5.96 Å². The first-order valence-corrected chi connectivity index (χ1v) is 9.27. The lowest BCUT2D eigenvalue weighted by atomic mass is 10.1. The van der Waals surface area contributed by atoms with E-state index in [1.807, 2.05) is 19.2 Å². The minimum absolute atomic E-state index is 0.862. The lowest BCUT2D eigenvalue weighted by Crippen LogP contribution is -2.49. The summed E-state index contributed by atoms with van der Waals surface area (Å²) < 4.78 is 5.18. The van der Waals surface area contributed by atoms with Gasteiger partial charge < -0.3 is 20.3 Å². The molecule has 0 amide bonds. The van der Waals surface area contributed by atoms with Gasteiger partial charge in [-0.25, -0.2) is 0 Å². The van der Waals surface area contributed by atoms with Gasteiger partial charge in [0.1, 0.15) is 5.75 Å². The first-order chi connectivity index (χ1) is 12.2. The highest BCUT2D eigenvalue weighted by atomic mass is 16.5. The summed E-state index contributed by atoms with van der Waals surface area (Å²) in [6.45, 7) is 11.0. The van der Waals surface area contributed by atoms with Gasteiger partial charge in [0.2, 0.25) is 0 Å². The largest absolute Gasteiger partial charge is 0.497 e. The molecule has 0 atom stereocenters. The molecule has 2 N–H and O–H groups in total. The van der Waals surface area contributed by atoms with Crippen LogP contribution < -0.4 is 15.4 Å². The molecule has 6 nitrogen and oxygen atoms in total. The highest BCUT2D eigenvalue weighted by Gasteiger charge is 2.14. The van der Waals surface area contributed by atoms with Gasteiger partial charge in [-0.05, 0) is 30.7 Å². The van der Waals surface area contributed by atoms with E-state index < -0.39 is 0 Å². The maximum atomic E-state index is 5.18. The zero-order chi connectivity index (χ0) is 17.9. The third kappa shape index (κ3) is 6.92. The minimum atomic E-state index is 0.862. The molecule has 0 bridgehead atoms. The number of hydrogen-bond acceptors (Lipinski definition) is 4. The normalized spacial score (nSPS) is 16.7. The van der Waals surface area contributed by atoms with Crippen molar-refractivity contribution in [3.8, 4) is 5.75 Å². The van der Waals surface area contributed by atoms with E-state index >= 15 is 0 Å². The monoisotopic (exact) mass is 347 g/mol. The highest BCUT2D eigenvalue weighted by molar-refractivity contribution is 5.79. The molecular formula is C19H33N5O. The summed E-state index contributed by atoms with van der Waals surface area (Å²) in [5.74, 6) is 1.77. The van der Waals surface area contributed by atoms with Gasteiger partial charge in [0.05, 0.1) is 7.11 Å². The number of methoxy groups -OCH3 is 1. The fraction of sp³-hybridized carbons (Fsp3) is 0.632. The van der Waals surface area contributed by atoms with E-state index in [-0.39, 0.29) is 0 Å². The fourth-order valence-electron chi connectivity index (χ4n) is 3.00. The maximum Gasteiger partial charge on any atom is 0.191 e. The second kappa shape index (κ2) is 10.9. The predicted molar refractivity (Wildman–Crippen MR) is 105 cm³/mol. The molecular weight excluding hydrogens is 314 g/mol. The Labute approximate surface area is 152 Å². The summed E-state index contributed by atoms with van der Waals surface area (Å²) >= 11 is 0. The van der Waals surface area contributed by atoms with Crippen LogP contribution in [0.3, 0.4) is 0 Å². The predicted octanol–water partition coefficient (Wildman–Crippen LogP) is 1.04. The second-order valence-corrected chi connectivity index (χ2v) is 6.30. The summed E-state index contributed by atoms with van der Waals surface area (Å²) in [4.78, 5) is 9.32. The molecule has 1 fully saturated rings. The molecule has 1 aromatic carbocycles. The Hall–Kier alpha value is -1.79. The Balaban J connectivity index is 1.60. The lowest BCUT2D eigenvalue weighted by molar-refractivity contribution is 0.139. The Morgan fingerprint density at radius 2 is 1.68 bits per heavy atom. The summed E-state index contributed by atoms with van der Waals surface area (Å²) in [7, 11) is 3.51. The Morgan fingerprint density at radius 3 is 2.28 bits per heavy atom. The molecule has 1 aliphatic rings. The van der Waals surface area contributed by atoms with Crippen molar-refractivity contribution in [2.24, 2.45) is 4.99 Å². The van der Waals surface area contributed by atoms with Crippen LogP contribution in [0.1, 0.15) is 12.5 Å². The Morgan fingerprint density at radius 1 is 1.04 bits per heavy atom. The van der Waals surface area contributed by atoms with E-state index in [4.69, 9.17) is 4.74 Å². The van der Waals surface area contributed by atoms with E-state index in [0.717, 1.165) is 44.3 Å². The number of piperazine rings is 1. The van der Waals surface area contributed by atoms with Crippen LogP contribution in [-0.2, 0) is 6.42 Å². The van der Waals surface area contributed by atoms with Crippen LogP contribution in [-0.4, -0.2) is 82.3 Å². The molecule has 0 unspecified atom stereocenters. The van der Waals surface area contributed by atoms with Crippen molar-refractivity contribution >= 4 is 5.96 Å². The average molecular weight is 348 g/mol. The molecule has 25 heavy (non-hydrogen) atoms. The maximum absolute atomic E-state index is 5.18. The number of likely N-dealkylation sites (N-methyl/N-ethyl adjacent to an activating group) is 1. The number of guanidine groups is 1. The third-order valence-electron chi connectivity index (χ3n) is 4.72. The van der Waals surface area contributed by atoms with E-state index in [1.165, 1.54) is 31.7 Å². The molecule has 0 spiro atoms. The standard InChI is InChI=1S/C19H33N5O/c1-4-23-13-15-24(16-14-23)12-11-22-19(20-2)21-10-9-17-5-7-18(25-3)8-6-17/h5-8H,4,9-16H2,1-3H3,(H2,20,21,22). The summed E-state index contributed by atoms with van der Waals surface area (Å²) in [5.41, 5.74) is 1.29. The number of rotatable bonds is 8. The number of aliphatic imine (C=N–C) groups is 1. The van der Waals surface area contributed by atoms with Crippen LogP contribution >= 0.6 is 0 Å². The lowest BCUT2D eigenvalue weighted by Gasteiger charge is -2.34. The quantitative estimate of drug-likeness (QED) is 0.544. The number of ether oxygens (including phenoxy) is 1. The van der Waals surface area contributed by atoms with E-state index in [1.54, 1.807) is 7.11 Å². The van der Waals surface area contributed by atoms with Crippen molar-refractivity contribution < 1.29 is 4.74 Å². The van der Waals surface area contributed by atoms with Crippen LogP contribution in [0.4, 0.5) is 0 Å². The van der Waals surface area contributed by atoms with Gasteiger partial charge in [-0.2, -0.15) is 0 Å². The smallest absolute Gasteiger partial charge is 0.191 e. The number of nitrogens with zero attached hydrogens (tertiary/aromatic N) is 3. The first kappa shape index (κ1) is 19.5. The van der Waals surface area contributed by atoms with Crippen molar-refractivity contribution in [2.45, 2.75) is 13.3 Å². The minimum Gasteiger partial charge on any atom is -0.497 e. The molecule has 2 rings (SSSR count). The van der Waals surface area contributed by atoms with Gasteiger partial charge in [0, 0.05) is 52.9 Å². The zero-order valence-corrected chi connectivity index (χ0v) is 15.9. The van der Waals surface area contributed by atoms with Crippen molar-refractivity contribution in [2.75, 3.05) is 66.5 Å². The number of hydrogen-bond donors (Lipinski definition) is 2. The molecule has 1 heterocycles. The molecule has 0 saturated carbocycles. The molecule has 1 aliphatic heterocycles. The molecule has 0 aliphatic carbocycles. The summed E-state index contributed by atoms with van der Waals surface area (Å²) in [5, 5.41) is 6.79. The molecule has 0 aromatic heterocycles. The highest BCUT2D eigenvalue weighted by Crippen LogP contribution is 2.11. The molecule has 1 aromatic rings. The summed E-state index contributed by atoms with van der Waals surface area (Å²) in [6.07, 6.45) is 0.962. The topological polar surface area (TPSA) is 52.1 Å². The van der Waals surface area contributed by atoms with Crippen molar-refractivity contribution in [1.29, 1.82) is 0 Å². The van der Waals surface area contributed by atoms with Crippen LogP contribution in [0.15, 0.2) is 29.3 Å². The fourth-order valence-corrected chi connectivity index (χ4v) is 3.00. The number of benzene rings is 1. The number of nitrogens with one attached hydrogen (secondary N) is 2. The first-order valence-electron chi connectivity index (χ1n) is 9.27. The van der Waals surface area contributed by atoms with Crippen LogP contribution in [0, 0.1) is 0 Å². The third-order valence-corrected chi connectivity index (χ3v) is 4.72. The van der Waals surface area contributed by atoms with Crippen LogP contribution in [0.2, 0.25) is 0 Å². The SMILES string of the molecule is CCN1CCN(CCNC(=NC)NCCc2ccc(OC)cc2)CC1. The molecule has 6 heteroatoms. The van der Waals surface area contributed by atoms with E-state index in [9.17, 15) is 0 Å². The van der Waals surface area contributed by atoms with Gasteiger partial charge in [-0.3, -0.25) is 9.89 Å². The van der Waals surface area contributed by atoms with Gasteiger partial charge in [-0.15, -0.1) is 0 Å². The van der Waals surface area contributed by atoms with Crippen LogP contribution in [0.25, 0.3) is 0 Å². The Bertz CT molecular complexity index is 509. The van der Waals surface area contributed by atoms with Gasteiger partial charge >= 0.3 is 0 Å². The van der Waals surface area contributed by atoms with E-state index in [0.29, 0.717) is 0 Å². The van der Waals surface area contributed by atoms with E-state index in [2.05, 4.69) is 44.5 Å². The molecule has 0 radical (unpaired) electrons. The molecule has 1 saturated heterocycles. The van der Waals surface area contributed by atoms with Gasteiger partial charge in [0.25, 0.3) is 0 Å². The van der Waals surface area contributed by atoms with Gasteiger partial charge in [-0.1, -0.05) is 19.1 Å². The molecule has 140 valence electrons. The zero-order valence-electron chi connectivity index (χ0n) is 15.9. The average Bonchev–Trinajstić information content (AvgIpc) is 2.67. The summed E-state index contributed by atoms with van der Waals surface area (Å²) in [6, 6.07) is 8.21. The second-order valence-electron chi connectivity index (χ2n) is 6.30. The van der Waals surface area contributed by atoms with Crippen molar-refractivity contribution in [3.63, 3.8) is 0 Å². The van der Waals surface area contributed by atoms with Crippen LogP contribution in [0.5, 0.6) is 5.75 Å². The Kier molecular flexibility index (Phi) is 8.55. The van der Waals surface area contributed by atoms with Crippen molar-refractivity contribution in [1.82, 2.24) is 20.4 Å². The van der Waals surface area contributed by atoms with Crippen molar-refractivity contribution in [3.05, 3.63) is 29.8 Å².